The maximum absolute atomic E-state index is 11.2. The highest BCUT2D eigenvalue weighted by Crippen LogP contribution is 2.57. The van der Waals surface area contributed by atoms with Gasteiger partial charge in [-0.3, -0.25) is 4.98 Å². The van der Waals surface area contributed by atoms with Gasteiger partial charge in [-0.2, -0.15) is 5.10 Å². The molecule has 0 aromatic carbocycles. The largest absolute Gasteiger partial charge is 0.476 e. The summed E-state index contributed by atoms with van der Waals surface area (Å²) in [5.74, 6) is 0.700. The fourth-order valence-corrected chi connectivity index (χ4v) is 2.86. The molecular formula is C12H10N4O2. The van der Waals surface area contributed by atoms with Crippen molar-refractivity contribution in [1.82, 2.24) is 19.7 Å². The Morgan fingerprint density at radius 1 is 1.44 bits per heavy atom. The first kappa shape index (κ1) is 9.76. The molecule has 1 N–H and O–H groups in total. The second kappa shape index (κ2) is 3.16. The van der Waals surface area contributed by atoms with Gasteiger partial charge in [0.25, 0.3) is 0 Å². The number of aromatic nitrogens is 4. The maximum atomic E-state index is 11.2. The van der Waals surface area contributed by atoms with Crippen LogP contribution >= 0.6 is 0 Å². The van der Waals surface area contributed by atoms with Gasteiger partial charge in [-0.1, -0.05) is 0 Å². The first-order valence-electron chi connectivity index (χ1n) is 5.87. The molecule has 90 valence electrons. The zero-order valence-electron chi connectivity index (χ0n) is 9.45. The standard InChI is InChI=1S/C12H10N4O2/c17-12(18)10-8-4-6-3-7(6)11(8)16(15-10)9-5-13-1-2-14-9/h1-2,5-7H,3-4H2,(H,17,18). The summed E-state index contributed by atoms with van der Waals surface area (Å²) in [5.41, 5.74) is 2.08. The lowest BCUT2D eigenvalue weighted by Gasteiger charge is -2.03. The van der Waals surface area contributed by atoms with Crippen LogP contribution in [0.5, 0.6) is 0 Å². The molecule has 0 amide bonds. The SMILES string of the molecule is O=C(O)c1nn(-c2cnccn2)c2c1CC1CC21. The Hall–Kier alpha value is -2.24. The average Bonchev–Trinajstić information content (AvgIpc) is 2.88. The van der Waals surface area contributed by atoms with Crippen molar-refractivity contribution >= 4 is 5.97 Å². The topological polar surface area (TPSA) is 80.9 Å². The molecule has 0 bridgehead atoms. The van der Waals surface area contributed by atoms with E-state index in [0.29, 0.717) is 17.7 Å². The van der Waals surface area contributed by atoms with Gasteiger partial charge >= 0.3 is 5.97 Å². The highest BCUT2D eigenvalue weighted by molar-refractivity contribution is 5.88. The van der Waals surface area contributed by atoms with Crippen molar-refractivity contribution in [3.8, 4) is 5.82 Å². The molecule has 1 fully saturated rings. The van der Waals surface area contributed by atoms with Crippen LogP contribution in [0.4, 0.5) is 0 Å². The number of hydrogen-bond acceptors (Lipinski definition) is 4. The van der Waals surface area contributed by atoms with Crippen LogP contribution in [0.2, 0.25) is 0 Å². The van der Waals surface area contributed by atoms with E-state index in [1.807, 2.05) is 0 Å². The molecule has 2 atom stereocenters. The van der Waals surface area contributed by atoms with E-state index in [2.05, 4.69) is 15.1 Å². The summed E-state index contributed by atoms with van der Waals surface area (Å²) in [6, 6.07) is 0. The first-order valence-corrected chi connectivity index (χ1v) is 5.87. The van der Waals surface area contributed by atoms with Gasteiger partial charge < -0.3 is 5.11 Å². The van der Waals surface area contributed by atoms with Gasteiger partial charge in [0, 0.05) is 23.9 Å². The Morgan fingerprint density at radius 2 is 2.33 bits per heavy atom. The lowest BCUT2D eigenvalue weighted by atomic mass is 10.1. The summed E-state index contributed by atoms with van der Waals surface area (Å²) in [6.07, 6.45) is 6.75. The van der Waals surface area contributed by atoms with Gasteiger partial charge in [-0.15, -0.1) is 0 Å². The Kier molecular flexibility index (Phi) is 1.71. The van der Waals surface area contributed by atoms with Gasteiger partial charge in [0.1, 0.15) is 0 Å². The van der Waals surface area contributed by atoms with E-state index in [1.54, 1.807) is 23.3 Å². The number of rotatable bonds is 2. The summed E-state index contributed by atoms with van der Waals surface area (Å²) in [5, 5.41) is 13.4. The third kappa shape index (κ3) is 1.17. The Bertz CT molecular complexity index is 650. The van der Waals surface area contributed by atoms with Crippen LogP contribution < -0.4 is 0 Å². The lowest BCUT2D eigenvalue weighted by molar-refractivity contribution is 0.0688. The monoisotopic (exact) mass is 242 g/mol. The van der Waals surface area contributed by atoms with E-state index in [9.17, 15) is 9.90 Å². The van der Waals surface area contributed by atoms with E-state index in [-0.39, 0.29) is 5.69 Å². The number of carboxylic acids is 1. The molecule has 2 aromatic heterocycles. The second-order valence-corrected chi connectivity index (χ2v) is 4.80. The molecule has 2 heterocycles. The van der Waals surface area contributed by atoms with Crippen LogP contribution in [0, 0.1) is 5.92 Å². The Morgan fingerprint density at radius 3 is 3.06 bits per heavy atom. The van der Waals surface area contributed by atoms with Crippen LogP contribution in [-0.4, -0.2) is 30.8 Å². The van der Waals surface area contributed by atoms with Gasteiger partial charge in [0.05, 0.1) is 11.9 Å². The zero-order chi connectivity index (χ0) is 12.3. The van der Waals surface area contributed by atoms with E-state index in [0.717, 1.165) is 24.1 Å². The number of hydrogen-bond donors (Lipinski definition) is 1. The van der Waals surface area contributed by atoms with Crippen molar-refractivity contribution in [2.24, 2.45) is 5.92 Å². The van der Waals surface area contributed by atoms with Crippen molar-refractivity contribution in [2.75, 3.05) is 0 Å². The number of aromatic carboxylic acids is 1. The lowest BCUT2D eigenvalue weighted by Crippen LogP contribution is -2.05. The van der Waals surface area contributed by atoms with Crippen LogP contribution in [0.15, 0.2) is 18.6 Å². The highest BCUT2D eigenvalue weighted by atomic mass is 16.4. The molecule has 1 saturated carbocycles. The minimum absolute atomic E-state index is 0.169. The minimum Gasteiger partial charge on any atom is -0.476 e. The van der Waals surface area contributed by atoms with Crippen LogP contribution in [-0.2, 0) is 6.42 Å². The van der Waals surface area contributed by atoms with E-state index < -0.39 is 5.97 Å². The van der Waals surface area contributed by atoms with Crippen molar-refractivity contribution < 1.29 is 9.90 Å². The number of carbonyl (C=O) groups is 1. The molecule has 0 radical (unpaired) electrons. The highest BCUT2D eigenvalue weighted by Gasteiger charge is 2.50. The van der Waals surface area contributed by atoms with E-state index in [4.69, 9.17) is 0 Å². The summed E-state index contributed by atoms with van der Waals surface area (Å²) in [6.45, 7) is 0. The molecule has 2 aromatic rings. The molecule has 4 rings (SSSR count). The second-order valence-electron chi connectivity index (χ2n) is 4.80. The van der Waals surface area contributed by atoms with E-state index in [1.165, 1.54) is 0 Å². The van der Waals surface area contributed by atoms with Crippen LogP contribution in [0.25, 0.3) is 5.82 Å². The molecule has 0 aliphatic heterocycles. The number of carboxylic acid groups (broad SMARTS) is 1. The summed E-state index contributed by atoms with van der Waals surface area (Å²) >= 11 is 0. The van der Waals surface area contributed by atoms with Crippen molar-refractivity contribution in [3.63, 3.8) is 0 Å². The fourth-order valence-electron chi connectivity index (χ4n) is 2.86. The fraction of sp³-hybridized carbons (Fsp3) is 0.333. The summed E-state index contributed by atoms with van der Waals surface area (Å²) < 4.78 is 1.66. The van der Waals surface area contributed by atoms with Crippen LogP contribution in [0.1, 0.15) is 34.1 Å². The Balaban J connectivity index is 1.94. The number of nitrogens with zero attached hydrogens (tertiary/aromatic N) is 4. The third-order valence-electron chi connectivity index (χ3n) is 3.73. The molecule has 0 spiro atoms. The van der Waals surface area contributed by atoms with Gasteiger partial charge in [-0.25, -0.2) is 14.5 Å². The Labute approximate surface area is 102 Å². The molecule has 2 aliphatic rings. The van der Waals surface area contributed by atoms with E-state index >= 15 is 0 Å². The average molecular weight is 242 g/mol. The molecular weight excluding hydrogens is 232 g/mol. The normalized spacial score (nSPS) is 23.6. The van der Waals surface area contributed by atoms with Crippen molar-refractivity contribution in [2.45, 2.75) is 18.8 Å². The molecule has 6 nitrogen and oxygen atoms in total. The maximum Gasteiger partial charge on any atom is 0.356 e. The molecule has 2 aliphatic carbocycles. The summed E-state index contributed by atoms with van der Waals surface area (Å²) in [4.78, 5) is 19.4. The van der Waals surface area contributed by atoms with Crippen molar-refractivity contribution in [3.05, 3.63) is 35.5 Å². The van der Waals surface area contributed by atoms with Crippen LogP contribution in [0.3, 0.4) is 0 Å². The van der Waals surface area contributed by atoms with Gasteiger partial charge in [0.2, 0.25) is 0 Å². The van der Waals surface area contributed by atoms with Gasteiger partial charge in [-0.05, 0) is 18.8 Å². The predicted octanol–water partition coefficient (Wildman–Crippen LogP) is 1.02. The third-order valence-corrected chi connectivity index (χ3v) is 3.73. The first-order chi connectivity index (χ1) is 8.75. The predicted molar refractivity (Wildman–Crippen MR) is 60.7 cm³/mol. The summed E-state index contributed by atoms with van der Waals surface area (Å²) in [7, 11) is 0. The quantitative estimate of drug-likeness (QED) is 0.850. The van der Waals surface area contributed by atoms with Crippen molar-refractivity contribution in [1.29, 1.82) is 0 Å². The molecule has 2 unspecified atom stereocenters. The molecule has 18 heavy (non-hydrogen) atoms. The number of fused-ring (bicyclic) bond motifs is 3. The molecule has 6 heteroatoms. The smallest absolute Gasteiger partial charge is 0.356 e. The van der Waals surface area contributed by atoms with Gasteiger partial charge in [0.15, 0.2) is 11.5 Å². The minimum atomic E-state index is -0.963. The zero-order valence-corrected chi connectivity index (χ0v) is 9.45. The molecule has 0 saturated heterocycles.